The zero-order valence-corrected chi connectivity index (χ0v) is 15.3. The Bertz CT molecular complexity index is 778. The predicted octanol–water partition coefficient (Wildman–Crippen LogP) is 2.29. The third-order valence-corrected chi connectivity index (χ3v) is 4.81. The molecule has 1 aliphatic carbocycles. The lowest BCUT2D eigenvalue weighted by Gasteiger charge is -2.34. The molecular weight excluding hydrogens is 382 g/mol. The molecule has 3 N–H and O–H groups in total. The highest BCUT2D eigenvalue weighted by molar-refractivity contribution is 5.90. The summed E-state index contributed by atoms with van der Waals surface area (Å²) in [5.41, 5.74) is -0.828. The van der Waals surface area contributed by atoms with Gasteiger partial charge in [-0.3, -0.25) is 14.9 Å². The summed E-state index contributed by atoms with van der Waals surface area (Å²) in [4.78, 5) is 24.5. The molecule has 3 rings (SSSR count). The molecule has 6 nitrogen and oxygen atoms in total. The summed E-state index contributed by atoms with van der Waals surface area (Å²) in [6.07, 6.45) is -3.33. The molecule has 1 aromatic rings. The molecule has 1 saturated carbocycles. The summed E-state index contributed by atoms with van der Waals surface area (Å²) >= 11 is 0. The number of hydrogen-bond acceptors (Lipinski definition) is 4. The van der Waals surface area contributed by atoms with E-state index in [4.69, 9.17) is 0 Å². The monoisotopic (exact) mass is 403 g/mol. The van der Waals surface area contributed by atoms with Gasteiger partial charge >= 0.3 is 6.36 Å². The van der Waals surface area contributed by atoms with E-state index in [0.29, 0.717) is 5.92 Å². The van der Waals surface area contributed by atoms with Crippen molar-refractivity contribution < 1.29 is 31.9 Å². The summed E-state index contributed by atoms with van der Waals surface area (Å²) < 4.78 is 54.4. The number of ether oxygens (including phenoxy) is 1. The average molecular weight is 403 g/mol. The molecule has 2 fully saturated rings. The van der Waals surface area contributed by atoms with Crippen molar-refractivity contribution in [3.63, 3.8) is 0 Å². The van der Waals surface area contributed by atoms with E-state index in [-0.39, 0.29) is 24.1 Å². The maximum absolute atomic E-state index is 14.0. The van der Waals surface area contributed by atoms with Crippen molar-refractivity contribution >= 4 is 11.8 Å². The van der Waals surface area contributed by atoms with Crippen molar-refractivity contribution in [3.05, 3.63) is 29.6 Å². The Kier molecular flexibility index (Phi) is 5.26. The Hall–Kier alpha value is -2.36. The first-order valence-corrected chi connectivity index (χ1v) is 8.88. The quantitative estimate of drug-likeness (QED) is 0.660. The molecule has 1 aromatic carbocycles. The van der Waals surface area contributed by atoms with Crippen molar-refractivity contribution in [1.82, 2.24) is 16.0 Å². The largest absolute Gasteiger partial charge is 0.573 e. The normalized spacial score (nSPS) is 23.1. The van der Waals surface area contributed by atoms with Gasteiger partial charge < -0.3 is 15.4 Å². The van der Waals surface area contributed by atoms with Crippen LogP contribution < -0.4 is 20.7 Å². The first-order valence-electron chi connectivity index (χ1n) is 8.88. The molecule has 0 radical (unpaired) electrons. The van der Waals surface area contributed by atoms with E-state index in [0.717, 1.165) is 25.0 Å². The minimum atomic E-state index is -5.00. The van der Waals surface area contributed by atoms with Gasteiger partial charge in [0.15, 0.2) is 11.6 Å². The second kappa shape index (κ2) is 7.23. The number of halogens is 4. The van der Waals surface area contributed by atoms with Crippen LogP contribution in [0, 0.1) is 11.7 Å². The predicted molar refractivity (Wildman–Crippen MR) is 90.4 cm³/mol. The van der Waals surface area contributed by atoms with Gasteiger partial charge in [-0.05, 0) is 50.3 Å². The van der Waals surface area contributed by atoms with Gasteiger partial charge in [-0.1, -0.05) is 6.07 Å². The first-order chi connectivity index (χ1) is 12.9. The molecule has 10 heteroatoms. The van der Waals surface area contributed by atoms with Crippen LogP contribution in [-0.4, -0.2) is 30.4 Å². The highest BCUT2D eigenvalue weighted by Crippen LogP contribution is 2.33. The number of carbonyl (C=O) groups excluding carboxylic acids is 2. The van der Waals surface area contributed by atoms with Crippen molar-refractivity contribution in [3.8, 4) is 5.75 Å². The van der Waals surface area contributed by atoms with Gasteiger partial charge in [0, 0.05) is 0 Å². The molecule has 154 valence electrons. The smallest absolute Gasteiger partial charge is 0.403 e. The molecule has 0 aromatic heterocycles. The zero-order valence-electron chi connectivity index (χ0n) is 15.3. The fourth-order valence-electron chi connectivity index (χ4n) is 3.15. The maximum atomic E-state index is 14.0. The van der Waals surface area contributed by atoms with Gasteiger partial charge in [0.25, 0.3) is 0 Å². The fourth-order valence-corrected chi connectivity index (χ4v) is 3.15. The summed E-state index contributed by atoms with van der Waals surface area (Å²) in [6, 6.07) is 2.26. The van der Waals surface area contributed by atoms with E-state index in [1.807, 2.05) is 0 Å². The van der Waals surface area contributed by atoms with Gasteiger partial charge in [-0.15, -0.1) is 13.2 Å². The number of amides is 2. The van der Waals surface area contributed by atoms with Gasteiger partial charge in [0.1, 0.15) is 0 Å². The van der Waals surface area contributed by atoms with Crippen LogP contribution in [0.2, 0.25) is 0 Å². The number of hydrogen-bond donors (Lipinski definition) is 3. The van der Waals surface area contributed by atoms with E-state index in [9.17, 15) is 27.2 Å². The number of nitrogens with one attached hydrogen (secondary N) is 3. The zero-order chi connectivity index (χ0) is 20.7. The van der Waals surface area contributed by atoms with Gasteiger partial charge in [0.05, 0.1) is 24.2 Å². The topological polar surface area (TPSA) is 79.5 Å². The first kappa shape index (κ1) is 20.4. The molecule has 28 heavy (non-hydrogen) atoms. The Morgan fingerprint density at radius 1 is 1.25 bits per heavy atom. The standard InChI is InChI=1S/C18H21F4N3O3/c1-17(2,10-5-6-13(11(19)7-10)28-18(20,21)22)25-16(27)12-8-14(26)24-15(23-12)9-3-4-9/h5-7,9,12,15,23H,3-4,8H2,1-2H3,(H,24,26)(H,25,27). The minimum Gasteiger partial charge on any atom is -0.403 e. The van der Waals surface area contributed by atoms with Crippen LogP contribution in [0.15, 0.2) is 18.2 Å². The second-order valence-electron chi connectivity index (χ2n) is 7.61. The third kappa shape index (κ3) is 4.92. The van der Waals surface area contributed by atoms with E-state index >= 15 is 0 Å². The number of carbonyl (C=O) groups is 2. The van der Waals surface area contributed by atoms with Crippen LogP contribution in [0.25, 0.3) is 0 Å². The van der Waals surface area contributed by atoms with Crippen LogP contribution in [0.1, 0.15) is 38.7 Å². The summed E-state index contributed by atoms with van der Waals surface area (Å²) in [5, 5.41) is 8.63. The van der Waals surface area contributed by atoms with E-state index in [2.05, 4.69) is 20.7 Å². The minimum absolute atomic E-state index is 0.0299. The molecule has 1 heterocycles. The highest BCUT2D eigenvalue weighted by Gasteiger charge is 2.40. The molecule has 0 spiro atoms. The molecule has 0 bridgehead atoms. The van der Waals surface area contributed by atoms with Crippen LogP contribution in [-0.2, 0) is 15.1 Å². The van der Waals surface area contributed by atoms with Crippen molar-refractivity contribution in [1.29, 1.82) is 0 Å². The van der Waals surface area contributed by atoms with Crippen molar-refractivity contribution in [2.24, 2.45) is 5.92 Å². The lowest BCUT2D eigenvalue weighted by Crippen LogP contribution is -2.62. The molecule has 2 atom stereocenters. The van der Waals surface area contributed by atoms with Gasteiger partial charge in [-0.2, -0.15) is 0 Å². The molecule has 2 aliphatic rings. The van der Waals surface area contributed by atoms with Gasteiger partial charge in [0.2, 0.25) is 11.8 Å². The lowest BCUT2D eigenvalue weighted by atomic mass is 9.93. The summed E-state index contributed by atoms with van der Waals surface area (Å²) in [6.45, 7) is 3.18. The fraction of sp³-hybridized carbons (Fsp3) is 0.556. The lowest BCUT2D eigenvalue weighted by molar-refractivity contribution is -0.275. The Labute approximate surface area is 159 Å². The summed E-state index contributed by atoms with van der Waals surface area (Å²) in [7, 11) is 0. The van der Waals surface area contributed by atoms with Crippen LogP contribution >= 0.6 is 0 Å². The Morgan fingerprint density at radius 3 is 2.50 bits per heavy atom. The van der Waals surface area contributed by atoms with Crippen LogP contribution in [0.4, 0.5) is 17.6 Å². The number of rotatable bonds is 5. The molecule has 1 aliphatic heterocycles. The van der Waals surface area contributed by atoms with Gasteiger partial charge in [-0.25, -0.2) is 4.39 Å². The van der Waals surface area contributed by atoms with Crippen molar-refractivity contribution in [2.45, 2.75) is 57.2 Å². The Balaban J connectivity index is 1.69. The van der Waals surface area contributed by atoms with Crippen LogP contribution in [0.3, 0.4) is 0 Å². The molecule has 2 amide bonds. The summed E-state index contributed by atoms with van der Waals surface area (Å²) in [5.74, 6) is -2.50. The SMILES string of the molecule is CC(C)(NC(=O)C1CC(=O)NC(C2CC2)N1)c1ccc(OC(F)(F)F)c(F)c1. The van der Waals surface area contributed by atoms with E-state index in [1.54, 1.807) is 13.8 Å². The van der Waals surface area contributed by atoms with Crippen molar-refractivity contribution in [2.75, 3.05) is 0 Å². The van der Waals surface area contributed by atoms with E-state index < -0.39 is 35.4 Å². The highest BCUT2D eigenvalue weighted by atomic mass is 19.4. The Morgan fingerprint density at radius 2 is 1.93 bits per heavy atom. The molecule has 1 saturated heterocycles. The third-order valence-electron chi connectivity index (χ3n) is 4.81. The molecule has 2 unspecified atom stereocenters. The molecular formula is C18H21F4N3O3. The van der Waals surface area contributed by atoms with Crippen LogP contribution in [0.5, 0.6) is 5.75 Å². The number of alkyl halides is 3. The second-order valence-corrected chi connectivity index (χ2v) is 7.61. The maximum Gasteiger partial charge on any atom is 0.573 e. The average Bonchev–Trinajstić information content (AvgIpc) is 3.39. The number of benzene rings is 1. The van der Waals surface area contributed by atoms with E-state index in [1.165, 1.54) is 6.07 Å².